The number of hydrogen-bond acceptors (Lipinski definition) is 2. The lowest BCUT2D eigenvalue weighted by atomic mass is 10.00. The number of likely N-dealkylation sites (tertiary alicyclic amines) is 1. The number of halogens is 2. The second-order valence-corrected chi connectivity index (χ2v) is 4.24. The molecule has 0 aliphatic carbocycles. The van der Waals surface area contributed by atoms with E-state index in [1.165, 1.54) is 18.2 Å². The standard InChI is InChI=1S/C11H11ClFNO2/c12-10-8(2-1-3-9(10)13)11(16)14-4-7(5-14)6-15/h1-3,7,15H,4-6H2. The zero-order valence-corrected chi connectivity index (χ0v) is 9.25. The van der Waals surface area contributed by atoms with Crippen LogP contribution >= 0.6 is 11.6 Å². The minimum atomic E-state index is -0.591. The molecular weight excluding hydrogens is 233 g/mol. The van der Waals surface area contributed by atoms with Gasteiger partial charge in [0.2, 0.25) is 0 Å². The Bertz CT molecular complexity index is 418. The normalized spacial score (nSPS) is 16.1. The van der Waals surface area contributed by atoms with Crippen LogP contribution in [0.1, 0.15) is 10.4 Å². The molecule has 0 bridgehead atoms. The molecule has 1 N–H and O–H groups in total. The predicted octanol–water partition coefficient (Wildman–Crippen LogP) is 1.54. The first-order chi connectivity index (χ1) is 7.63. The molecule has 1 saturated heterocycles. The highest BCUT2D eigenvalue weighted by molar-refractivity contribution is 6.34. The zero-order chi connectivity index (χ0) is 11.7. The van der Waals surface area contributed by atoms with Crippen LogP contribution in [0.2, 0.25) is 5.02 Å². The molecule has 1 aliphatic rings. The molecule has 1 aromatic carbocycles. The molecular formula is C11H11ClFNO2. The summed E-state index contributed by atoms with van der Waals surface area (Å²) in [5.74, 6) is -0.739. The summed E-state index contributed by atoms with van der Waals surface area (Å²) >= 11 is 5.71. The fourth-order valence-electron chi connectivity index (χ4n) is 1.69. The SMILES string of the molecule is O=C(c1cccc(F)c1Cl)N1CC(CO)C1. The Labute approximate surface area is 97.4 Å². The van der Waals surface area contributed by atoms with E-state index in [4.69, 9.17) is 16.7 Å². The monoisotopic (exact) mass is 243 g/mol. The van der Waals surface area contributed by atoms with Crippen LogP contribution in [-0.2, 0) is 0 Å². The topological polar surface area (TPSA) is 40.5 Å². The Balaban J connectivity index is 2.13. The number of aliphatic hydroxyl groups excluding tert-OH is 1. The van der Waals surface area contributed by atoms with Gasteiger partial charge in [0.05, 0.1) is 10.6 Å². The first-order valence-electron chi connectivity index (χ1n) is 4.97. The number of aliphatic hydroxyl groups is 1. The Kier molecular flexibility index (Phi) is 3.12. The van der Waals surface area contributed by atoms with E-state index in [1.54, 1.807) is 4.90 Å². The minimum absolute atomic E-state index is 0.0701. The first kappa shape index (κ1) is 11.4. The van der Waals surface area contributed by atoms with E-state index in [0.29, 0.717) is 13.1 Å². The summed E-state index contributed by atoms with van der Waals surface area (Å²) in [5, 5.41) is 8.69. The fourth-order valence-corrected chi connectivity index (χ4v) is 1.90. The first-order valence-corrected chi connectivity index (χ1v) is 5.35. The summed E-state index contributed by atoms with van der Waals surface area (Å²) in [4.78, 5) is 13.4. The van der Waals surface area contributed by atoms with Crippen molar-refractivity contribution in [3.05, 3.63) is 34.6 Å². The maximum atomic E-state index is 13.1. The van der Waals surface area contributed by atoms with Crippen molar-refractivity contribution in [1.82, 2.24) is 4.90 Å². The van der Waals surface area contributed by atoms with Crippen LogP contribution in [0.4, 0.5) is 4.39 Å². The fraction of sp³-hybridized carbons (Fsp3) is 0.364. The molecule has 1 fully saturated rings. The van der Waals surface area contributed by atoms with Gasteiger partial charge in [-0.3, -0.25) is 4.79 Å². The Morgan fingerprint density at radius 3 is 2.88 bits per heavy atom. The smallest absolute Gasteiger partial charge is 0.255 e. The van der Waals surface area contributed by atoms with E-state index in [1.807, 2.05) is 0 Å². The van der Waals surface area contributed by atoms with Gasteiger partial charge < -0.3 is 10.0 Å². The molecule has 86 valence electrons. The number of carbonyl (C=O) groups excluding carboxylic acids is 1. The Morgan fingerprint density at radius 2 is 2.25 bits per heavy atom. The molecule has 2 rings (SSSR count). The molecule has 3 nitrogen and oxygen atoms in total. The van der Waals surface area contributed by atoms with Gasteiger partial charge in [0.15, 0.2) is 0 Å². The molecule has 1 aliphatic heterocycles. The highest BCUT2D eigenvalue weighted by atomic mass is 35.5. The second kappa shape index (κ2) is 4.39. The molecule has 0 spiro atoms. The van der Waals surface area contributed by atoms with Gasteiger partial charge >= 0.3 is 0 Å². The third-order valence-electron chi connectivity index (χ3n) is 2.68. The van der Waals surface area contributed by atoms with E-state index < -0.39 is 5.82 Å². The van der Waals surface area contributed by atoms with Gasteiger partial charge in [-0.2, -0.15) is 0 Å². The maximum Gasteiger partial charge on any atom is 0.255 e. The van der Waals surface area contributed by atoms with Crippen LogP contribution in [0.25, 0.3) is 0 Å². The number of amides is 1. The lowest BCUT2D eigenvalue weighted by Gasteiger charge is -2.38. The highest BCUT2D eigenvalue weighted by Crippen LogP contribution is 2.24. The van der Waals surface area contributed by atoms with Gasteiger partial charge in [-0.1, -0.05) is 17.7 Å². The second-order valence-electron chi connectivity index (χ2n) is 3.86. The average Bonchev–Trinajstić information content (AvgIpc) is 2.20. The molecule has 5 heteroatoms. The number of carbonyl (C=O) groups is 1. The van der Waals surface area contributed by atoms with Crippen molar-refractivity contribution in [3.8, 4) is 0 Å². The molecule has 0 unspecified atom stereocenters. The molecule has 0 aromatic heterocycles. The Morgan fingerprint density at radius 1 is 1.56 bits per heavy atom. The lowest BCUT2D eigenvalue weighted by molar-refractivity contribution is 0.0362. The van der Waals surface area contributed by atoms with Crippen molar-refractivity contribution in [2.45, 2.75) is 0 Å². The van der Waals surface area contributed by atoms with Gasteiger partial charge in [0, 0.05) is 25.6 Å². The van der Waals surface area contributed by atoms with Gasteiger partial charge in [0.1, 0.15) is 5.82 Å². The van der Waals surface area contributed by atoms with Gasteiger partial charge in [-0.15, -0.1) is 0 Å². The van der Waals surface area contributed by atoms with Crippen molar-refractivity contribution in [3.63, 3.8) is 0 Å². The molecule has 1 heterocycles. The molecule has 0 atom stereocenters. The third-order valence-corrected chi connectivity index (χ3v) is 3.07. The summed E-state index contributed by atoms with van der Waals surface area (Å²) in [6, 6.07) is 4.17. The van der Waals surface area contributed by atoms with Crippen LogP contribution < -0.4 is 0 Å². The molecule has 1 aromatic rings. The predicted molar refractivity (Wildman–Crippen MR) is 57.9 cm³/mol. The number of benzene rings is 1. The quantitative estimate of drug-likeness (QED) is 0.856. The van der Waals surface area contributed by atoms with Crippen LogP contribution in [0, 0.1) is 11.7 Å². The molecule has 1 amide bonds. The van der Waals surface area contributed by atoms with Crippen molar-refractivity contribution in [1.29, 1.82) is 0 Å². The van der Waals surface area contributed by atoms with Crippen molar-refractivity contribution in [2.24, 2.45) is 5.92 Å². The van der Waals surface area contributed by atoms with Crippen LogP contribution in [0.3, 0.4) is 0 Å². The van der Waals surface area contributed by atoms with E-state index >= 15 is 0 Å². The molecule has 0 radical (unpaired) electrons. The van der Waals surface area contributed by atoms with Gasteiger partial charge in [-0.05, 0) is 12.1 Å². The summed E-state index contributed by atoms with van der Waals surface area (Å²) in [6.07, 6.45) is 0. The minimum Gasteiger partial charge on any atom is -0.396 e. The van der Waals surface area contributed by atoms with E-state index in [2.05, 4.69) is 0 Å². The third kappa shape index (κ3) is 1.90. The average molecular weight is 244 g/mol. The van der Waals surface area contributed by atoms with E-state index in [9.17, 15) is 9.18 Å². The largest absolute Gasteiger partial charge is 0.396 e. The summed E-state index contributed by atoms with van der Waals surface area (Å²) < 4.78 is 13.1. The highest BCUT2D eigenvalue weighted by Gasteiger charge is 2.31. The number of nitrogens with zero attached hydrogens (tertiary/aromatic N) is 1. The summed E-state index contributed by atoms with van der Waals surface area (Å²) in [5.41, 5.74) is 0.179. The molecule has 16 heavy (non-hydrogen) atoms. The van der Waals surface area contributed by atoms with Crippen LogP contribution in [0.15, 0.2) is 18.2 Å². The van der Waals surface area contributed by atoms with Gasteiger partial charge in [-0.25, -0.2) is 4.39 Å². The van der Waals surface area contributed by atoms with Crippen molar-refractivity contribution >= 4 is 17.5 Å². The van der Waals surface area contributed by atoms with Gasteiger partial charge in [0.25, 0.3) is 5.91 Å². The van der Waals surface area contributed by atoms with Crippen molar-refractivity contribution < 1.29 is 14.3 Å². The number of hydrogen-bond donors (Lipinski definition) is 1. The van der Waals surface area contributed by atoms with Crippen LogP contribution in [-0.4, -0.2) is 35.6 Å². The lowest BCUT2D eigenvalue weighted by Crippen LogP contribution is -2.51. The molecule has 0 saturated carbocycles. The zero-order valence-electron chi connectivity index (χ0n) is 8.49. The van der Waals surface area contributed by atoms with Crippen LogP contribution in [0.5, 0.6) is 0 Å². The number of rotatable bonds is 2. The maximum absolute atomic E-state index is 13.1. The Hall–Kier alpha value is -1.13. The van der Waals surface area contributed by atoms with Crippen molar-refractivity contribution in [2.75, 3.05) is 19.7 Å². The summed E-state index contributed by atoms with van der Waals surface area (Å²) in [7, 11) is 0. The summed E-state index contributed by atoms with van der Waals surface area (Å²) in [6.45, 7) is 1.07. The van der Waals surface area contributed by atoms with E-state index in [-0.39, 0.29) is 29.0 Å². The van der Waals surface area contributed by atoms with E-state index in [0.717, 1.165) is 0 Å².